The Bertz CT molecular complexity index is 565. The van der Waals surface area contributed by atoms with Crippen LogP contribution in [0.1, 0.15) is 18.4 Å². The average Bonchev–Trinajstić information content (AvgIpc) is 2.83. The first kappa shape index (κ1) is 15.3. The summed E-state index contributed by atoms with van der Waals surface area (Å²) in [4.78, 5) is 17.3. The summed E-state index contributed by atoms with van der Waals surface area (Å²) in [6.07, 6.45) is 3.18. The van der Waals surface area contributed by atoms with E-state index >= 15 is 0 Å². The summed E-state index contributed by atoms with van der Waals surface area (Å²) in [7, 11) is 0. The minimum absolute atomic E-state index is 0.00359. The van der Waals surface area contributed by atoms with Gasteiger partial charge in [0.25, 0.3) is 0 Å². The molecule has 1 atom stereocenters. The smallest absolute Gasteiger partial charge is 0.419 e. The van der Waals surface area contributed by atoms with Gasteiger partial charge in [-0.3, -0.25) is 4.98 Å². The van der Waals surface area contributed by atoms with Crippen molar-refractivity contribution in [3.63, 3.8) is 0 Å². The largest absolute Gasteiger partial charge is 0.460 e. The van der Waals surface area contributed by atoms with Gasteiger partial charge in [0.1, 0.15) is 5.75 Å². The molecule has 2 radical (unpaired) electrons. The molecule has 21 heavy (non-hydrogen) atoms. The van der Waals surface area contributed by atoms with Gasteiger partial charge >= 0.3 is 6.09 Å². The summed E-state index contributed by atoms with van der Waals surface area (Å²) in [6.45, 7) is 1.14. The molecule has 0 aliphatic carbocycles. The Balaban J connectivity index is 1.68. The van der Waals surface area contributed by atoms with Crippen LogP contribution in [0.4, 0.5) is 4.79 Å². The number of piperidine rings is 1. The third-order valence-corrected chi connectivity index (χ3v) is 4.85. The fraction of sp³-hybridized carbons (Fsp3) is 0.538. The van der Waals surface area contributed by atoms with Gasteiger partial charge < -0.3 is 17.8 Å². The molecular formula is C13H14AlIN2O4. The maximum absolute atomic E-state index is 11.5. The van der Waals surface area contributed by atoms with Crippen LogP contribution in [0.2, 0.25) is 0 Å². The fourth-order valence-corrected chi connectivity index (χ4v) is 3.58. The van der Waals surface area contributed by atoms with Gasteiger partial charge in [0, 0.05) is 31.0 Å². The van der Waals surface area contributed by atoms with Crippen LogP contribution in [-0.2, 0) is 9.49 Å². The van der Waals surface area contributed by atoms with E-state index in [2.05, 4.69) is 21.3 Å². The third kappa shape index (κ3) is 2.99. The van der Waals surface area contributed by atoms with Gasteiger partial charge in [0.15, 0.2) is 23.0 Å². The van der Waals surface area contributed by atoms with Gasteiger partial charge in [-0.05, 0) is 12.8 Å². The van der Waals surface area contributed by atoms with Crippen LogP contribution in [0, 0.1) is 5.92 Å². The maximum Gasteiger partial charge on any atom is 0.419 e. The first-order valence-corrected chi connectivity index (χ1v) is 8.21. The molecule has 1 unspecified atom stereocenters. The number of amides is 1. The lowest BCUT2D eigenvalue weighted by Crippen LogP contribution is -2.49. The van der Waals surface area contributed by atoms with E-state index < -0.39 is 5.79 Å². The summed E-state index contributed by atoms with van der Waals surface area (Å²) >= 11 is 4.14. The number of aromatic nitrogens is 1. The van der Waals surface area contributed by atoms with Crippen LogP contribution < -0.4 is 9.29 Å². The lowest BCUT2D eigenvalue weighted by Gasteiger charge is -2.37. The van der Waals surface area contributed by atoms with Crippen molar-refractivity contribution in [2.75, 3.05) is 13.1 Å². The van der Waals surface area contributed by atoms with E-state index in [1.807, 2.05) is 6.07 Å². The van der Waals surface area contributed by atoms with Crippen molar-refractivity contribution in [3.05, 3.63) is 17.8 Å². The van der Waals surface area contributed by atoms with E-state index in [9.17, 15) is 9.90 Å². The molecule has 6 nitrogen and oxygen atoms in total. The third-order valence-electron chi connectivity index (χ3n) is 4.16. The number of halogens is 1. The number of fused-ring (bicyclic) bond motifs is 1. The fourth-order valence-electron chi connectivity index (χ4n) is 3.02. The summed E-state index contributed by atoms with van der Waals surface area (Å²) in [5.74, 6) is -0.545. The van der Waals surface area contributed by atoms with Gasteiger partial charge in [-0.25, -0.2) is 4.79 Å². The van der Waals surface area contributed by atoms with Crippen molar-refractivity contribution in [3.8, 4) is 5.75 Å². The number of pyridine rings is 1. The summed E-state index contributed by atoms with van der Waals surface area (Å²) in [6, 6.07) is 1.92. The molecule has 0 bridgehead atoms. The molecule has 0 spiro atoms. The highest BCUT2D eigenvalue weighted by atomic mass is 127. The normalized spacial score (nSPS) is 25.3. The van der Waals surface area contributed by atoms with Crippen molar-refractivity contribution >= 4 is 49.9 Å². The molecule has 1 saturated heterocycles. The Morgan fingerprint density at radius 1 is 1.57 bits per heavy atom. The molecule has 2 aliphatic rings. The molecule has 1 aromatic rings. The highest BCUT2D eigenvalue weighted by molar-refractivity contribution is 14.1. The predicted molar refractivity (Wildman–Crippen MR) is 83.7 cm³/mol. The number of likely N-dealkylation sites (tertiary alicyclic amines) is 1. The average molecular weight is 416 g/mol. The summed E-state index contributed by atoms with van der Waals surface area (Å²) in [5, 5.41) is 10.8. The van der Waals surface area contributed by atoms with E-state index in [4.69, 9.17) is 7.80 Å². The molecule has 2 aliphatic heterocycles. The first-order chi connectivity index (χ1) is 10.0. The first-order valence-electron chi connectivity index (χ1n) is 6.75. The number of hydrogen-bond donors (Lipinski definition) is 1. The Kier molecular flexibility index (Phi) is 4.32. The zero-order valence-corrected chi connectivity index (χ0v) is 14.6. The minimum Gasteiger partial charge on any atom is -0.460 e. The van der Waals surface area contributed by atoms with Crippen molar-refractivity contribution in [2.45, 2.75) is 25.0 Å². The molecule has 1 N–H and O–H groups in total. The quantitative estimate of drug-likeness (QED) is 0.539. The van der Waals surface area contributed by atoms with Crippen molar-refractivity contribution in [1.82, 2.24) is 9.88 Å². The second kappa shape index (κ2) is 5.91. The van der Waals surface area contributed by atoms with Gasteiger partial charge in [-0.15, -0.1) is 0 Å². The van der Waals surface area contributed by atoms with Gasteiger partial charge in [-0.1, -0.05) is 10.6 Å². The number of ether oxygens (including phenoxy) is 1. The van der Waals surface area contributed by atoms with Crippen molar-refractivity contribution in [2.24, 2.45) is 5.92 Å². The molecular weight excluding hydrogens is 402 g/mol. The maximum atomic E-state index is 11.5. The van der Waals surface area contributed by atoms with Crippen LogP contribution in [0.15, 0.2) is 12.3 Å². The monoisotopic (exact) mass is 416 g/mol. The minimum atomic E-state index is -1.19. The number of hydrogen-bond acceptors (Lipinski definition) is 5. The highest BCUT2D eigenvalue weighted by Gasteiger charge is 2.46. The standard InChI is InChI=1S/C13H14IN2O4.Al/c14-20-12(17)16-5-2-10(3-6-16)13(18)7-9-1-4-15-8-11(9)19-13;/h1,8,10,18H,2-3,5-7H2;. The SMILES string of the molecule is O=C(OI)N1CCC(C2(O)Cc3c[c]([Al])ncc3O2)CC1. The predicted octanol–water partition coefficient (Wildman–Crippen LogP) is 0.698. The van der Waals surface area contributed by atoms with Gasteiger partial charge in [0.2, 0.25) is 22.1 Å². The van der Waals surface area contributed by atoms with Crippen LogP contribution in [-0.4, -0.2) is 56.3 Å². The molecule has 3 rings (SSSR count). The number of nitrogens with zero attached hydrogens (tertiary/aromatic N) is 2. The van der Waals surface area contributed by atoms with Crippen LogP contribution in [0.5, 0.6) is 5.75 Å². The zero-order valence-electron chi connectivity index (χ0n) is 11.3. The Morgan fingerprint density at radius 3 is 2.95 bits per heavy atom. The highest BCUT2D eigenvalue weighted by Crippen LogP contribution is 2.40. The molecule has 110 valence electrons. The number of carbonyl (C=O) groups excluding carboxylic acids is 1. The van der Waals surface area contributed by atoms with E-state index in [-0.39, 0.29) is 12.0 Å². The molecule has 1 amide bonds. The van der Waals surface area contributed by atoms with E-state index in [1.54, 1.807) is 34.1 Å². The lowest BCUT2D eigenvalue weighted by molar-refractivity contribution is -0.173. The molecule has 0 aromatic carbocycles. The number of rotatable bonds is 1. The molecule has 8 heteroatoms. The number of carbonyl (C=O) groups is 1. The van der Waals surface area contributed by atoms with Gasteiger partial charge in [0.05, 0.1) is 6.20 Å². The van der Waals surface area contributed by atoms with Crippen LogP contribution >= 0.6 is 23.0 Å². The lowest BCUT2D eigenvalue weighted by atomic mass is 9.86. The van der Waals surface area contributed by atoms with E-state index in [0.29, 0.717) is 38.1 Å². The van der Waals surface area contributed by atoms with Crippen molar-refractivity contribution in [1.29, 1.82) is 0 Å². The second-order valence-electron chi connectivity index (χ2n) is 5.44. The molecule has 3 heterocycles. The summed E-state index contributed by atoms with van der Waals surface area (Å²) in [5.41, 5.74) is 0.978. The second-order valence-corrected chi connectivity index (χ2v) is 6.48. The van der Waals surface area contributed by atoms with E-state index in [1.165, 1.54) is 0 Å². The van der Waals surface area contributed by atoms with Crippen LogP contribution in [0.25, 0.3) is 0 Å². The Labute approximate surface area is 144 Å². The zero-order chi connectivity index (χ0) is 15.0. The van der Waals surface area contributed by atoms with E-state index in [0.717, 1.165) is 10.1 Å². The topological polar surface area (TPSA) is 71.9 Å². The molecule has 1 fully saturated rings. The van der Waals surface area contributed by atoms with Crippen LogP contribution in [0.3, 0.4) is 0 Å². The Morgan fingerprint density at radius 2 is 2.29 bits per heavy atom. The molecule has 0 saturated carbocycles. The molecule has 1 aromatic heterocycles. The Hall–Kier alpha value is -0.558. The van der Waals surface area contributed by atoms with Crippen molar-refractivity contribution < 1.29 is 17.7 Å². The van der Waals surface area contributed by atoms with Gasteiger partial charge in [-0.2, -0.15) is 0 Å². The number of aliphatic hydroxyl groups is 1. The summed E-state index contributed by atoms with van der Waals surface area (Å²) < 4.78 is 11.3.